The van der Waals surface area contributed by atoms with Crippen LogP contribution in [0.4, 0.5) is 13.2 Å². The number of rotatable bonds is 6. The molecule has 4 heterocycles. The van der Waals surface area contributed by atoms with E-state index >= 15 is 0 Å². The van der Waals surface area contributed by atoms with Crippen LogP contribution in [-0.2, 0) is 27.8 Å². The molecule has 0 saturated heterocycles. The number of aromatic nitrogens is 5. The van der Waals surface area contributed by atoms with Crippen LogP contribution in [-0.4, -0.2) is 61.3 Å². The van der Waals surface area contributed by atoms with Gasteiger partial charge in [-0.25, -0.2) is 23.2 Å². The molecule has 3 aromatic heterocycles. The van der Waals surface area contributed by atoms with Gasteiger partial charge in [-0.1, -0.05) is 36.4 Å². The topological polar surface area (TPSA) is 158 Å². The maximum absolute atomic E-state index is 13.6. The van der Waals surface area contributed by atoms with Crippen molar-refractivity contribution in [2.45, 2.75) is 36.5 Å². The van der Waals surface area contributed by atoms with Gasteiger partial charge in [0.1, 0.15) is 12.0 Å². The number of nitrogens with zero attached hydrogens (tertiary/aromatic N) is 6. The summed E-state index contributed by atoms with van der Waals surface area (Å²) in [5.41, 5.74) is 5.15. The highest BCUT2D eigenvalue weighted by atomic mass is 32.2. The molecule has 1 unspecified atom stereocenters. The average Bonchev–Trinajstić information content (AvgIpc) is 3.70. The molecule has 0 saturated carbocycles. The molecule has 0 aliphatic carbocycles. The Bertz CT molecular complexity index is 1970. The lowest BCUT2D eigenvalue weighted by atomic mass is 10.0. The van der Waals surface area contributed by atoms with Crippen molar-refractivity contribution in [2.75, 3.05) is 6.54 Å². The van der Waals surface area contributed by atoms with Gasteiger partial charge in [-0.05, 0) is 41.3 Å². The third-order valence-corrected chi connectivity index (χ3v) is 8.89. The Morgan fingerprint density at radius 3 is 2.59 bits per heavy atom. The largest absolute Gasteiger partial charge is 0.490 e. The minimum absolute atomic E-state index is 0.130. The van der Waals surface area contributed by atoms with Gasteiger partial charge >= 0.3 is 12.1 Å². The van der Waals surface area contributed by atoms with E-state index in [1.807, 2.05) is 42.6 Å². The van der Waals surface area contributed by atoms with Crippen molar-refractivity contribution in [1.29, 1.82) is 5.26 Å². The lowest BCUT2D eigenvalue weighted by Gasteiger charge is -2.28. The molecule has 0 radical (unpaired) electrons. The predicted molar refractivity (Wildman–Crippen MR) is 151 cm³/mol. The number of alkyl halides is 3. The number of halogens is 3. The van der Waals surface area contributed by atoms with Gasteiger partial charge in [-0.2, -0.15) is 27.8 Å². The number of hydrogen-bond donors (Lipinski definition) is 2. The van der Waals surface area contributed by atoms with Gasteiger partial charge in [-0.15, -0.1) is 0 Å². The fraction of sp³-hybridized carbons (Fsp3) is 0.207. The molecule has 0 bridgehead atoms. The summed E-state index contributed by atoms with van der Waals surface area (Å²) >= 11 is 0. The van der Waals surface area contributed by atoms with E-state index in [4.69, 9.17) is 9.90 Å². The molecule has 1 atom stereocenters. The standard InChI is InChI=1S/C27H23N7O2S.C2HF3O2/c28-11-8-25(34-17-22(15-32-34)26-24-9-12-29-27(24)31-18-30-26)20-6-3-7-23(14-20)37(35,36)33-13-10-19-4-1-2-5-21(19)16-33;3-2(4,5)1(6)7/h1-7,9,12,14-15,17-18,25H,8,10,13,16H2,(H,29,30,31);(H,6,7). The Morgan fingerprint density at radius 1 is 1.11 bits per heavy atom. The second kappa shape index (κ2) is 12.3. The Labute approximate surface area is 249 Å². The Hall–Kier alpha value is -5.07. The molecular formula is C29H24F3N7O4S. The highest BCUT2D eigenvalue weighted by Gasteiger charge is 2.38. The molecule has 2 aromatic carbocycles. The van der Waals surface area contributed by atoms with E-state index in [2.05, 4.69) is 26.1 Å². The van der Waals surface area contributed by atoms with Gasteiger partial charge in [0, 0.05) is 36.4 Å². The molecule has 2 N–H and O–H groups in total. The summed E-state index contributed by atoms with van der Waals surface area (Å²) in [6, 6.07) is 18.4. The van der Waals surface area contributed by atoms with Crippen LogP contribution >= 0.6 is 0 Å². The maximum Gasteiger partial charge on any atom is 0.490 e. The van der Waals surface area contributed by atoms with Crippen LogP contribution in [0.25, 0.3) is 22.3 Å². The fourth-order valence-electron chi connectivity index (χ4n) is 4.89. The molecule has 1 aliphatic heterocycles. The van der Waals surface area contributed by atoms with E-state index in [9.17, 15) is 26.9 Å². The lowest BCUT2D eigenvalue weighted by molar-refractivity contribution is -0.192. The van der Waals surface area contributed by atoms with Gasteiger partial charge in [-0.3, -0.25) is 4.68 Å². The third kappa shape index (κ3) is 6.31. The zero-order chi connectivity index (χ0) is 31.5. The minimum atomic E-state index is -5.08. The SMILES string of the molecule is N#CCC(c1cccc(S(=O)(=O)N2CCc3ccccc3C2)c1)n1cc(-c2ncnc3[nH]ccc23)cn1.O=C(O)C(F)(F)F. The number of H-pyrrole nitrogens is 1. The van der Waals surface area contributed by atoms with Crippen LogP contribution in [0, 0.1) is 11.3 Å². The van der Waals surface area contributed by atoms with Crippen LogP contribution < -0.4 is 0 Å². The summed E-state index contributed by atoms with van der Waals surface area (Å²) in [7, 11) is -3.71. The van der Waals surface area contributed by atoms with Crippen molar-refractivity contribution < 1.29 is 31.5 Å². The number of fused-ring (bicyclic) bond motifs is 2. The monoisotopic (exact) mass is 623 g/mol. The quantitative estimate of drug-likeness (QED) is 0.275. The molecule has 5 aromatic rings. The number of aromatic amines is 1. The van der Waals surface area contributed by atoms with Gasteiger partial charge in [0.05, 0.1) is 35.3 Å². The van der Waals surface area contributed by atoms with Crippen LogP contribution in [0.3, 0.4) is 0 Å². The molecule has 0 fully saturated rings. The van der Waals surface area contributed by atoms with E-state index in [1.54, 1.807) is 35.3 Å². The molecule has 1 aliphatic rings. The predicted octanol–water partition coefficient (Wildman–Crippen LogP) is 4.70. The Balaban J connectivity index is 0.000000493. The second-order valence-corrected chi connectivity index (χ2v) is 11.7. The number of sulfonamides is 1. The fourth-order valence-corrected chi connectivity index (χ4v) is 6.36. The van der Waals surface area contributed by atoms with Crippen molar-refractivity contribution in [1.82, 2.24) is 29.0 Å². The van der Waals surface area contributed by atoms with Crippen molar-refractivity contribution in [3.8, 4) is 17.3 Å². The Morgan fingerprint density at radius 2 is 1.86 bits per heavy atom. The van der Waals surface area contributed by atoms with Gasteiger partial charge in [0.15, 0.2) is 0 Å². The van der Waals surface area contributed by atoms with Gasteiger partial charge in [0.25, 0.3) is 0 Å². The Kier molecular flexibility index (Phi) is 8.47. The van der Waals surface area contributed by atoms with Crippen molar-refractivity contribution in [2.24, 2.45) is 0 Å². The second-order valence-electron chi connectivity index (χ2n) is 9.78. The summed E-state index contributed by atoms with van der Waals surface area (Å²) in [5, 5.41) is 22.1. The summed E-state index contributed by atoms with van der Waals surface area (Å²) in [4.78, 5) is 20.8. The number of nitriles is 1. The molecule has 0 amide bonds. The third-order valence-electron chi connectivity index (χ3n) is 7.05. The summed E-state index contributed by atoms with van der Waals surface area (Å²) < 4.78 is 62.1. The molecule has 0 spiro atoms. The van der Waals surface area contributed by atoms with E-state index < -0.39 is 28.2 Å². The summed E-state index contributed by atoms with van der Waals surface area (Å²) in [6.45, 7) is 0.777. The highest BCUT2D eigenvalue weighted by molar-refractivity contribution is 7.89. The number of aliphatic carboxylic acids is 1. The summed E-state index contributed by atoms with van der Waals surface area (Å²) in [6.07, 6.45) is 2.55. The van der Waals surface area contributed by atoms with Crippen molar-refractivity contribution in [3.05, 3.63) is 96.2 Å². The molecule has 15 heteroatoms. The van der Waals surface area contributed by atoms with Crippen molar-refractivity contribution >= 4 is 27.0 Å². The number of nitrogens with one attached hydrogen (secondary N) is 1. The average molecular weight is 624 g/mol. The maximum atomic E-state index is 13.6. The number of carboxylic acid groups (broad SMARTS) is 1. The zero-order valence-electron chi connectivity index (χ0n) is 22.8. The van der Waals surface area contributed by atoms with E-state index in [0.717, 1.165) is 27.9 Å². The van der Waals surface area contributed by atoms with Crippen molar-refractivity contribution in [3.63, 3.8) is 0 Å². The smallest absolute Gasteiger partial charge is 0.475 e. The first-order valence-corrected chi connectivity index (χ1v) is 14.6. The molecule has 226 valence electrons. The van der Waals surface area contributed by atoms with E-state index in [1.165, 1.54) is 16.2 Å². The molecule has 11 nitrogen and oxygen atoms in total. The van der Waals surface area contributed by atoms with E-state index in [0.29, 0.717) is 25.1 Å². The first kappa shape index (κ1) is 30.4. The summed E-state index contributed by atoms with van der Waals surface area (Å²) in [5.74, 6) is -2.76. The molecule has 6 rings (SSSR count). The number of carbonyl (C=O) groups is 1. The normalized spacial score (nSPS) is 14.2. The van der Waals surface area contributed by atoms with Crippen LogP contribution in [0.1, 0.15) is 29.2 Å². The lowest BCUT2D eigenvalue weighted by Crippen LogP contribution is -2.36. The van der Waals surface area contributed by atoms with Crippen LogP contribution in [0.2, 0.25) is 0 Å². The first-order valence-electron chi connectivity index (χ1n) is 13.2. The zero-order valence-corrected chi connectivity index (χ0v) is 23.6. The molecular weight excluding hydrogens is 599 g/mol. The highest BCUT2D eigenvalue weighted by Crippen LogP contribution is 2.30. The van der Waals surface area contributed by atoms with Gasteiger partial charge in [0.2, 0.25) is 10.0 Å². The number of carboxylic acids is 1. The number of hydrogen-bond acceptors (Lipinski definition) is 7. The minimum Gasteiger partial charge on any atom is -0.475 e. The molecule has 44 heavy (non-hydrogen) atoms. The van der Waals surface area contributed by atoms with Gasteiger partial charge < -0.3 is 10.1 Å². The van der Waals surface area contributed by atoms with E-state index in [-0.39, 0.29) is 11.3 Å². The first-order chi connectivity index (χ1) is 21.0. The van der Waals surface area contributed by atoms with Crippen LogP contribution in [0.15, 0.2) is 84.4 Å². The van der Waals surface area contributed by atoms with Crippen LogP contribution in [0.5, 0.6) is 0 Å². The number of benzene rings is 2.